The van der Waals surface area contributed by atoms with Crippen molar-refractivity contribution < 1.29 is 22.8 Å². The zero-order valence-electron chi connectivity index (χ0n) is 14.7. The number of fused-ring (bicyclic) bond motifs is 1. The van der Waals surface area contributed by atoms with Crippen LogP contribution in [-0.2, 0) is 11.0 Å². The summed E-state index contributed by atoms with van der Waals surface area (Å²) in [4.78, 5) is 35.5. The number of hydrogen-bond acceptors (Lipinski definition) is 7. The lowest BCUT2D eigenvalue weighted by molar-refractivity contribution is -0.141. The van der Waals surface area contributed by atoms with Crippen molar-refractivity contribution in [3.05, 3.63) is 52.6 Å². The van der Waals surface area contributed by atoms with Crippen molar-refractivity contribution in [2.75, 3.05) is 13.1 Å². The number of benzene rings is 1. The van der Waals surface area contributed by atoms with E-state index in [4.69, 9.17) is 11.5 Å². The molecule has 2 aromatic heterocycles. The zero-order chi connectivity index (χ0) is 21.2. The summed E-state index contributed by atoms with van der Waals surface area (Å²) in [7, 11) is 0. The van der Waals surface area contributed by atoms with Crippen LogP contribution in [0.5, 0.6) is 0 Å². The van der Waals surface area contributed by atoms with E-state index in [1.165, 1.54) is 6.07 Å². The standard InChI is InChI=1S/C17H15F3N6O2S/c18-17(19,20)11-3-5-23-14(26-11)12(13(22)27)16-25-9-2-1-8(7-10(9)29-16)15(28)24-6-4-21/h1-3,5,7,12H,4,6,21H2,(H2,22,27)(H,24,28). The van der Waals surface area contributed by atoms with Gasteiger partial charge in [0.15, 0.2) is 0 Å². The molecule has 5 N–H and O–H groups in total. The number of nitrogens with two attached hydrogens (primary N) is 2. The summed E-state index contributed by atoms with van der Waals surface area (Å²) in [6.45, 7) is 0.595. The van der Waals surface area contributed by atoms with Crippen LogP contribution >= 0.6 is 11.3 Å². The highest BCUT2D eigenvalue weighted by atomic mass is 32.1. The third-order valence-corrected chi connectivity index (χ3v) is 4.93. The largest absolute Gasteiger partial charge is 0.433 e. The summed E-state index contributed by atoms with van der Waals surface area (Å²) < 4.78 is 39.4. The Morgan fingerprint density at radius 2 is 1.97 bits per heavy atom. The smallest absolute Gasteiger partial charge is 0.369 e. The molecule has 1 unspecified atom stereocenters. The topological polar surface area (TPSA) is 137 Å². The number of aromatic nitrogens is 3. The molecule has 0 aliphatic rings. The van der Waals surface area contributed by atoms with Crippen LogP contribution in [0.3, 0.4) is 0 Å². The highest BCUT2D eigenvalue weighted by Crippen LogP contribution is 2.33. The minimum atomic E-state index is -4.70. The Balaban J connectivity index is 2.00. The average Bonchev–Trinajstić information content (AvgIpc) is 3.07. The number of nitrogens with zero attached hydrogens (tertiary/aromatic N) is 3. The zero-order valence-corrected chi connectivity index (χ0v) is 15.5. The molecule has 12 heteroatoms. The van der Waals surface area contributed by atoms with Crippen LogP contribution in [0.2, 0.25) is 0 Å². The molecule has 3 aromatic rings. The lowest BCUT2D eigenvalue weighted by Gasteiger charge is -2.11. The fourth-order valence-electron chi connectivity index (χ4n) is 2.53. The van der Waals surface area contributed by atoms with Crippen LogP contribution in [0.15, 0.2) is 30.5 Å². The van der Waals surface area contributed by atoms with Crippen molar-refractivity contribution in [1.29, 1.82) is 0 Å². The first-order chi connectivity index (χ1) is 13.7. The number of halogens is 3. The quantitative estimate of drug-likeness (QED) is 0.547. The molecule has 0 bridgehead atoms. The predicted molar refractivity (Wildman–Crippen MR) is 99.1 cm³/mol. The van der Waals surface area contributed by atoms with Crippen molar-refractivity contribution in [2.24, 2.45) is 11.5 Å². The molecule has 0 radical (unpaired) electrons. The van der Waals surface area contributed by atoms with Crippen molar-refractivity contribution in [1.82, 2.24) is 20.3 Å². The Bertz CT molecular complexity index is 1070. The average molecular weight is 424 g/mol. The molecule has 0 saturated heterocycles. The van der Waals surface area contributed by atoms with Gasteiger partial charge in [0.2, 0.25) is 5.91 Å². The van der Waals surface area contributed by atoms with Gasteiger partial charge in [0.1, 0.15) is 22.4 Å². The van der Waals surface area contributed by atoms with Crippen LogP contribution in [-0.4, -0.2) is 39.9 Å². The van der Waals surface area contributed by atoms with E-state index in [1.54, 1.807) is 12.1 Å². The van der Waals surface area contributed by atoms with E-state index in [0.717, 1.165) is 17.5 Å². The van der Waals surface area contributed by atoms with Crippen molar-refractivity contribution in [3.8, 4) is 0 Å². The summed E-state index contributed by atoms with van der Waals surface area (Å²) >= 11 is 1.02. The summed E-state index contributed by atoms with van der Waals surface area (Å²) in [5, 5.41) is 2.76. The van der Waals surface area contributed by atoms with E-state index in [0.29, 0.717) is 28.4 Å². The highest BCUT2D eigenvalue weighted by molar-refractivity contribution is 7.18. The molecule has 152 valence electrons. The van der Waals surface area contributed by atoms with Gasteiger partial charge in [-0.15, -0.1) is 11.3 Å². The number of primary amides is 1. The second-order valence-electron chi connectivity index (χ2n) is 5.91. The number of alkyl halides is 3. The van der Waals surface area contributed by atoms with Gasteiger partial charge in [0, 0.05) is 24.8 Å². The first-order valence-electron chi connectivity index (χ1n) is 8.29. The molecule has 2 amide bonds. The van der Waals surface area contributed by atoms with E-state index in [9.17, 15) is 22.8 Å². The van der Waals surface area contributed by atoms with Gasteiger partial charge in [-0.3, -0.25) is 9.59 Å². The molecule has 0 saturated carbocycles. The van der Waals surface area contributed by atoms with Gasteiger partial charge >= 0.3 is 6.18 Å². The van der Waals surface area contributed by atoms with E-state index in [1.807, 2.05) is 0 Å². The number of nitrogens with one attached hydrogen (secondary N) is 1. The predicted octanol–water partition coefficient (Wildman–Crippen LogP) is 1.41. The maximum absolute atomic E-state index is 12.9. The van der Waals surface area contributed by atoms with Crippen LogP contribution in [0.25, 0.3) is 10.2 Å². The molecule has 8 nitrogen and oxygen atoms in total. The van der Waals surface area contributed by atoms with Crippen LogP contribution in [0, 0.1) is 0 Å². The lowest BCUT2D eigenvalue weighted by atomic mass is 10.1. The third kappa shape index (κ3) is 4.49. The highest BCUT2D eigenvalue weighted by Gasteiger charge is 2.35. The Hall–Kier alpha value is -3.12. The Morgan fingerprint density at radius 3 is 2.62 bits per heavy atom. The van der Waals surface area contributed by atoms with E-state index in [-0.39, 0.29) is 17.5 Å². The molecule has 3 rings (SSSR count). The normalized spacial score (nSPS) is 12.7. The fraction of sp³-hybridized carbons (Fsp3) is 0.235. The summed E-state index contributed by atoms with van der Waals surface area (Å²) in [6, 6.07) is 5.37. The molecule has 0 aliphatic carbocycles. The van der Waals surface area contributed by atoms with Gasteiger partial charge < -0.3 is 16.8 Å². The lowest BCUT2D eigenvalue weighted by Crippen LogP contribution is -2.28. The second-order valence-corrected chi connectivity index (χ2v) is 6.97. The molecule has 1 aromatic carbocycles. The van der Waals surface area contributed by atoms with Gasteiger partial charge in [-0.1, -0.05) is 0 Å². The number of hydrogen-bond donors (Lipinski definition) is 3. The number of carbonyl (C=O) groups is 2. The molecular formula is C17H15F3N6O2S. The molecule has 0 aliphatic heterocycles. The number of rotatable bonds is 6. The monoisotopic (exact) mass is 424 g/mol. The number of amides is 2. The maximum Gasteiger partial charge on any atom is 0.433 e. The SMILES string of the molecule is NCCNC(=O)c1ccc2nc(C(C(N)=O)c3nccc(C(F)(F)F)n3)sc2c1. The first kappa shape index (κ1) is 20.6. The van der Waals surface area contributed by atoms with E-state index < -0.39 is 29.5 Å². The Morgan fingerprint density at radius 1 is 1.21 bits per heavy atom. The van der Waals surface area contributed by atoms with Gasteiger partial charge in [-0.05, 0) is 24.3 Å². The van der Waals surface area contributed by atoms with Gasteiger partial charge in [-0.25, -0.2) is 15.0 Å². The molecule has 2 heterocycles. The second kappa shape index (κ2) is 8.09. The summed E-state index contributed by atoms with van der Waals surface area (Å²) in [5.74, 6) is -3.03. The molecule has 1 atom stereocenters. The third-order valence-electron chi connectivity index (χ3n) is 3.85. The molecule has 0 spiro atoms. The van der Waals surface area contributed by atoms with Crippen LogP contribution in [0.1, 0.15) is 32.8 Å². The minimum Gasteiger partial charge on any atom is -0.369 e. The fourth-order valence-corrected chi connectivity index (χ4v) is 3.64. The van der Waals surface area contributed by atoms with Crippen molar-refractivity contribution >= 4 is 33.4 Å². The van der Waals surface area contributed by atoms with Crippen LogP contribution in [0.4, 0.5) is 13.2 Å². The Labute approximate surface area is 166 Å². The summed E-state index contributed by atoms with van der Waals surface area (Å²) in [5.41, 5.74) is 10.4. The van der Waals surface area contributed by atoms with E-state index >= 15 is 0 Å². The van der Waals surface area contributed by atoms with Crippen LogP contribution < -0.4 is 16.8 Å². The Kier molecular flexibility index (Phi) is 5.75. The number of carbonyl (C=O) groups excluding carboxylic acids is 2. The number of thiazole rings is 1. The summed E-state index contributed by atoms with van der Waals surface area (Å²) in [6.07, 6.45) is -3.78. The minimum absolute atomic E-state index is 0.131. The molecule has 0 fully saturated rings. The van der Waals surface area contributed by atoms with Crippen molar-refractivity contribution in [3.63, 3.8) is 0 Å². The molecular weight excluding hydrogens is 409 g/mol. The van der Waals surface area contributed by atoms with Gasteiger partial charge in [0.05, 0.1) is 10.2 Å². The molecule has 29 heavy (non-hydrogen) atoms. The van der Waals surface area contributed by atoms with E-state index in [2.05, 4.69) is 20.3 Å². The van der Waals surface area contributed by atoms with Gasteiger partial charge in [0.25, 0.3) is 5.91 Å². The van der Waals surface area contributed by atoms with Gasteiger partial charge in [-0.2, -0.15) is 13.2 Å². The maximum atomic E-state index is 12.9. The van der Waals surface area contributed by atoms with Crippen molar-refractivity contribution in [2.45, 2.75) is 12.1 Å². The first-order valence-corrected chi connectivity index (χ1v) is 9.10.